The molecule has 0 aliphatic heterocycles. The second kappa shape index (κ2) is 3.18. The van der Waals surface area contributed by atoms with Crippen LogP contribution in [-0.4, -0.2) is 11.1 Å². The smallest absolute Gasteiger partial charge is 0.217 e. The molecule has 1 amide bonds. The van der Waals surface area contributed by atoms with Gasteiger partial charge in [0.05, 0.1) is 12.2 Å². The molecule has 4 nitrogen and oxygen atoms in total. The number of nitrogens with one attached hydrogen (secondary N) is 1. The molecule has 1 N–H and O–H groups in total. The van der Waals surface area contributed by atoms with Crippen LogP contribution in [0, 0.1) is 6.92 Å². The van der Waals surface area contributed by atoms with E-state index < -0.39 is 0 Å². The number of rotatable bonds is 2. The first-order valence-electron chi connectivity index (χ1n) is 3.35. The first kappa shape index (κ1) is 7.78. The normalized spacial score (nSPS) is 9.64. The fourth-order valence-corrected chi connectivity index (χ4v) is 0.711. The highest BCUT2D eigenvalue weighted by Crippen LogP contribution is 2.00. The summed E-state index contributed by atoms with van der Waals surface area (Å²) in [6.07, 6.45) is 0. The van der Waals surface area contributed by atoms with Crippen molar-refractivity contribution in [2.75, 3.05) is 0 Å². The van der Waals surface area contributed by atoms with Gasteiger partial charge in [-0.2, -0.15) is 0 Å². The summed E-state index contributed by atoms with van der Waals surface area (Å²) >= 11 is 0. The lowest BCUT2D eigenvalue weighted by Gasteiger charge is -1.94. The third kappa shape index (κ3) is 2.41. The van der Waals surface area contributed by atoms with Gasteiger partial charge in [-0.3, -0.25) is 4.79 Å². The Bertz CT molecular complexity index is 255. The summed E-state index contributed by atoms with van der Waals surface area (Å²) in [5.41, 5.74) is 0.824. The predicted molar refractivity (Wildman–Crippen MR) is 38.8 cm³/mol. The molecule has 0 unspecified atom stereocenters. The van der Waals surface area contributed by atoms with Crippen molar-refractivity contribution >= 4 is 5.91 Å². The topological polar surface area (TPSA) is 55.1 Å². The van der Waals surface area contributed by atoms with Crippen molar-refractivity contribution in [3.05, 3.63) is 17.5 Å². The van der Waals surface area contributed by atoms with Gasteiger partial charge in [0.1, 0.15) is 0 Å². The van der Waals surface area contributed by atoms with Crippen LogP contribution >= 0.6 is 0 Å². The second-order valence-corrected chi connectivity index (χ2v) is 2.34. The monoisotopic (exact) mass is 154 g/mol. The molecule has 60 valence electrons. The highest BCUT2D eigenvalue weighted by atomic mass is 16.5. The molecule has 0 saturated heterocycles. The van der Waals surface area contributed by atoms with Gasteiger partial charge in [0.15, 0.2) is 5.76 Å². The number of aryl methyl sites for hydroxylation is 1. The van der Waals surface area contributed by atoms with Gasteiger partial charge in [0.25, 0.3) is 0 Å². The van der Waals surface area contributed by atoms with Crippen LogP contribution in [0.15, 0.2) is 10.6 Å². The van der Waals surface area contributed by atoms with Crippen molar-refractivity contribution in [2.24, 2.45) is 0 Å². The summed E-state index contributed by atoms with van der Waals surface area (Å²) in [4.78, 5) is 10.5. The average molecular weight is 154 g/mol. The van der Waals surface area contributed by atoms with E-state index in [1.54, 1.807) is 6.07 Å². The van der Waals surface area contributed by atoms with Crippen molar-refractivity contribution in [1.82, 2.24) is 10.5 Å². The van der Waals surface area contributed by atoms with Gasteiger partial charge in [-0.1, -0.05) is 5.16 Å². The van der Waals surface area contributed by atoms with E-state index in [0.29, 0.717) is 12.3 Å². The largest absolute Gasteiger partial charge is 0.359 e. The zero-order valence-corrected chi connectivity index (χ0v) is 6.55. The van der Waals surface area contributed by atoms with E-state index in [9.17, 15) is 4.79 Å². The summed E-state index contributed by atoms with van der Waals surface area (Å²) in [6, 6.07) is 1.79. The third-order valence-electron chi connectivity index (χ3n) is 1.19. The van der Waals surface area contributed by atoms with Gasteiger partial charge in [0.2, 0.25) is 5.91 Å². The number of aromatic nitrogens is 1. The molecule has 0 radical (unpaired) electrons. The fourth-order valence-electron chi connectivity index (χ4n) is 0.711. The minimum absolute atomic E-state index is 0.0703. The summed E-state index contributed by atoms with van der Waals surface area (Å²) < 4.78 is 4.85. The molecular weight excluding hydrogens is 144 g/mol. The number of carbonyl (C=O) groups excluding carboxylic acids is 1. The summed E-state index contributed by atoms with van der Waals surface area (Å²) in [5.74, 6) is 0.608. The lowest BCUT2D eigenvalue weighted by Crippen LogP contribution is -2.18. The lowest BCUT2D eigenvalue weighted by molar-refractivity contribution is -0.119. The molecule has 0 aliphatic carbocycles. The first-order valence-corrected chi connectivity index (χ1v) is 3.35. The molecule has 0 spiro atoms. The van der Waals surface area contributed by atoms with Crippen LogP contribution in [-0.2, 0) is 11.3 Å². The molecule has 4 heteroatoms. The average Bonchev–Trinajstić information content (AvgIpc) is 2.31. The van der Waals surface area contributed by atoms with Crippen LogP contribution in [0.1, 0.15) is 18.4 Å². The van der Waals surface area contributed by atoms with E-state index in [1.807, 2.05) is 6.92 Å². The van der Waals surface area contributed by atoms with Crippen LogP contribution in [0.25, 0.3) is 0 Å². The molecule has 1 rings (SSSR count). The molecule has 0 atom stereocenters. The molecule has 0 bridgehead atoms. The molecule has 1 aromatic rings. The number of carbonyl (C=O) groups is 1. The highest BCUT2D eigenvalue weighted by molar-refractivity contribution is 5.72. The van der Waals surface area contributed by atoms with Gasteiger partial charge >= 0.3 is 0 Å². The number of amides is 1. The standard InChI is InChI=1S/C7H10N2O2/c1-5-3-7(11-9-5)4-8-6(2)10/h3H,4H2,1-2H3,(H,8,10). The molecule has 0 saturated carbocycles. The highest BCUT2D eigenvalue weighted by Gasteiger charge is 1.99. The fraction of sp³-hybridized carbons (Fsp3) is 0.429. The zero-order chi connectivity index (χ0) is 8.27. The van der Waals surface area contributed by atoms with Gasteiger partial charge < -0.3 is 9.84 Å². The predicted octanol–water partition coefficient (Wildman–Crippen LogP) is 0.619. The molecular formula is C7H10N2O2. The second-order valence-electron chi connectivity index (χ2n) is 2.34. The molecule has 0 aliphatic rings. The van der Waals surface area contributed by atoms with Crippen molar-refractivity contribution in [1.29, 1.82) is 0 Å². The Morgan fingerprint density at radius 1 is 1.82 bits per heavy atom. The van der Waals surface area contributed by atoms with Gasteiger partial charge in [-0.25, -0.2) is 0 Å². The van der Waals surface area contributed by atoms with Gasteiger partial charge in [-0.05, 0) is 6.92 Å². The minimum Gasteiger partial charge on any atom is -0.359 e. The van der Waals surface area contributed by atoms with E-state index in [4.69, 9.17) is 4.52 Å². The Morgan fingerprint density at radius 3 is 3.00 bits per heavy atom. The van der Waals surface area contributed by atoms with Gasteiger partial charge in [-0.15, -0.1) is 0 Å². The molecule has 1 heterocycles. The van der Waals surface area contributed by atoms with Crippen molar-refractivity contribution in [3.8, 4) is 0 Å². The molecule has 11 heavy (non-hydrogen) atoms. The first-order chi connectivity index (χ1) is 5.18. The maximum atomic E-state index is 10.5. The summed E-state index contributed by atoms with van der Waals surface area (Å²) in [5, 5.41) is 6.27. The van der Waals surface area contributed by atoms with Crippen molar-refractivity contribution < 1.29 is 9.32 Å². The number of hydrogen-bond donors (Lipinski definition) is 1. The van der Waals surface area contributed by atoms with Crippen LogP contribution in [0.4, 0.5) is 0 Å². The molecule has 0 fully saturated rings. The minimum atomic E-state index is -0.0703. The molecule has 1 aromatic heterocycles. The Hall–Kier alpha value is -1.32. The van der Waals surface area contributed by atoms with E-state index in [0.717, 1.165) is 5.69 Å². The van der Waals surface area contributed by atoms with Crippen LogP contribution in [0.3, 0.4) is 0 Å². The Balaban J connectivity index is 2.45. The van der Waals surface area contributed by atoms with E-state index in [1.165, 1.54) is 6.92 Å². The Morgan fingerprint density at radius 2 is 2.55 bits per heavy atom. The van der Waals surface area contributed by atoms with Crippen LogP contribution in [0.5, 0.6) is 0 Å². The SMILES string of the molecule is CC(=O)NCc1cc(C)no1. The summed E-state index contributed by atoms with van der Waals surface area (Å²) in [6.45, 7) is 3.71. The van der Waals surface area contributed by atoms with Crippen molar-refractivity contribution in [2.45, 2.75) is 20.4 Å². The quantitative estimate of drug-likeness (QED) is 0.679. The zero-order valence-electron chi connectivity index (χ0n) is 6.55. The number of hydrogen-bond acceptors (Lipinski definition) is 3. The maximum absolute atomic E-state index is 10.5. The lowest BCUT2D eigenvalue weighted by atomic mass is 10.4. The maximum Gasteiger partial charge on any atom is 0.217 e. The van der Waals surface area contributed by atoms with Gasteiger partial charge in [0, 0.05) is 13.0 Å². The summed E-state index contributed by atoms with van der Waals surface area (Å²) in [7, 11) is 0. The van der Waals surface area contributed by atoms with E-state index >= 15 is 0 Å². The molecule has 0 aromatic carbocycles. The third-order valence-corrected chi connectivity index (χ3v) is 1.19. The van der Waals surface area contributed by atoms with E-state index in [2.05, 4.69) is 10.5 Å². The van der Waals surface area contributed by atoms with Crippen LogP contribution in [0.2, 0.25) is 0 Å². The van der Waals surface area contributed by atoms with Crippen molar-refractivity contribution in [3.63, 3.8) is 0 Å². The Labute approximate surface area is 64.6 Å². The van der Waals surface area contributed by atoms with Crippen LogP contribution < -0.4 is 5.32 Å². The van der Waals surface area contributed by atoms with E-state index in [-0.39, 0.29) is 5.91 Å². The number of nitrogens with zero attached hydrogens (tertiary/aromatic N) is 1. The Kier molecular flexibility index (Phi) is 2.25.